The summed E-state index contributed by atoms with van der Waals surface area (Å²) in [5.74, 6) is 7.22. The maximum absolute atomic E-state index is 13.4. The first-order chi connectivity index (χ1) is 40.2. The Labute approximate surface area is 573 Å². The van der Waals surface area contributed by atoms with Crippen molar-refractivity contribution in [3.05, 3.63) is 79.9 Å². The molecule has 0 unspecified atom stereocenters. The summed E-state index contributed by atoms with van der Waals surface area (Å²) in [7, 11) is 0. The smallest absolute Gasteiger partial charge is 0.258 e. The molecular formula is C54H72N4O4S20. The van der Waals surface area contributed by atoms with Gasteiger partial charge in [-0.2, -0.15) is 0 Å². The van der Waals surface area contributed by atoms with E-state index in [1.54, 1.807) is 94.1 Å². The summed E-state index contributed by atoms with van der Waals surface area (Å²) in [6.45, 7) is 6.47. The van der Waals surface area contributed by atoms with Crippen molar-refractivity contribution in [3.63, 3.8) is 0 Å². The van der Waals surface area contributed by atoms with E-state index in [1.165, 1.54) is 154 Å². The molecule has 0 saturated carbocycles. The van der Waals surface area contributed by atoms with Crippen molar-refractivity contribution < 1.29 is 19.2 Å². The molecule has 0 radical (unpaired) electrons. The van der Waals surface area contributed by atoms with Crippen molar-refractivity contribution in [3.8, 4) is 0 Å². The second-order valence-electron chi connectivity index (χ2n) is 18.8. The molecule has 28 heteroatoms. The van der Waals surface area contributed by atoms with Crippen LogP contribution in [-0.2, 0) is 19.2 Å². The molecule has 8 aliphatic rings. The molecule has 4 amide bonds. The molecular weight excluding hydrogens is 1410 g/mol. The molecule has 8 rings (SSSR count). The predicted molar refractivity (Wildman–Crippen MR) is 403 cm³/mol. The molecule has 0 saturated heterocycles. The summed E-state index contributed by atoms with van der Waals surface area (Å²) in [5, 5.41) is 16.2. The van der Waals surface area contributed by atoms with Crippen LogP contribution in [0.15, 0.2) is 79.9 Å². The highest BCUT2D eigenvalue weighted by atomic mass is 32.3. The average Bonchev–Trinajstić information content (AvgIpc) is 4.57. The van der Waals surface area contributed by atoms with Gasteiger partial charge in [-0.3, -0.25) is 19.2 Å². The van der Waals surface area contributed by atoms with E-state index in [9.17, 15) is 19.2 Å². The Hall–Kier alpha value is 2.54. The highest BCUT2D eigenvalue weighted by Crippen LogP contribution is 2.68. The Bertz CT molecular complexity index is 2360. The largest absolute Gasteiger partial charge is 0.355 e. The molecule has 0 fully saturated rings. The number of thioether (sulfide) groups is 20. The number of amides is 4. The Morgan fingerprint density at radius 2 is 0.671 bits per heavy atom. The Kier molecular flexibility index (Phi) is 34.8. The van der Waals surface area contributed by atoms with Crippen LogP contribution >= 0.6 is 235 Å². The van der Waals surface area contributed by atoms with Gasteiger partial charge in [0.15, 0.2) is 0 Å². The third kappa shape index (κ3) is 24.2. The summed E-state index contributed by atoms with van der Waals surface area (Å²) >= 11 is 36.1. The second kappa shape index (κ2) is 40.5. The van der Waals surface area contributed by atoms with E-state index in [-0.39, 0.29) is 35.1 Å². The number of hydrogen-bond acceptors (Lipinski definition) is 24. The number of carbonyl (C=O) groups excluding carboxylic acids is 4. The summed E-state index contributed by atoms with van der Waals surface area (Å²) in [5.41, 5.74) is 0. The van der Waals surface area contributed by atoms with Crippen LogP contribution in [0.4, 0.5) is 0 Å². The van der Waals surface area contributed by atoms with E-state index >= 15 is 0 Å². The summed E-state index contributed by atoms with van der Waals surface area (Å²) in [6.07, 6.45) is 22.4. The Morgan fingerprint density at radius 1 is 0.354 bits per heavy atom. The van der Waals surface area contributed by atoms with E-state index in [1.807, 2.05) is 152 Å². The molecule has 8 nitrogen and oxygen atoms in total. The van der Waals surface area contributed by atoms with Gasteiger partial charge in [-0.05, 0) is 48.0 Å². The molecule has 0 aliphatic carbocycles. The van der Waals surface area contributed by atoms with Crippen molar-refractivity contribution >= 4 is 259 Å². The summed E-state index contributed by atoms with van der Waals surface area (Å²) in [4.78, 5) is 54.4. The summed E-state index contributed by atoms with van der Waals surface area (Å²) in [6, 6.07) is 0. The lowest BCUT2D eigenvalue weighted by Crippen LogP contribution is -2.31. The maximum atomic E-state index is 13.4. The van der Waals surface area contributed by atoms with Gasteiger partial charge in [-0.15, -0.1) is 94.1 Å². The minimum Gasteiger partial charge on any atom is -0.355 e. The fourth-order valence-corrected chi connectivity index (χ4v) is 36.6. The molecule has 0 bridgehead atoms. The second-order valence-corrected chi connectivity index (χ2v) is 43.0. The van der Waals surface area contributed by atoms with E-state index < -0.39 is 0 Å². The first-order valence-electron chi connectivity index (χ1n) is 28.1. The van der Waals surface area contributed by atoms with Crippen LogP contribution in [-0.4, -0.2) is 95.8 Å². The standard InChI is InChI=1S/C54H72N4O4S20/c1-3-5-7-9-11-13-15-17-25-63-41-42(64-26-18-16-14-12-10-8-6-4-2)80-53(79-41)54-81-47(71-33-37(59)55-21-19-23-57-39(61)35-31-69-49(73-35)51-75-43-44(76-51)66-28-27-65-43)48(82-54)72-34-38(60)56-22-20-24-58-40(62)36-32-70-50(74-36)52-77-45-46(78-52)68-30-29-67-45/h31-32H,3-30,33-34H2,1-2H3,(H,55,59)(H,56,60)(H,57,61)(H,58,62). The van der Waals surface area contributed by atoms with E-state index in [0.29, 0.717) is 39.0 Å². The van der Waals surface area contributed by atoms with Crippen molar-refractivity contribution in [1.82, 2.24) is 21.3 Å². The molecule has 82 heavy (non-hydrogen) atoms. The minimum absolute atomic E-state index is 0.0453. The first kappa shape index (κ1) is 70.4. The number of rotatable bonds is 36. The number of hydrogen-bond donors (Lipinski definition) is 4. The summed E-state index contributed by atoms with van der Waals surface area (Å²) < 4.78 is 18.1. The lowest BCUT2D eigenvalue weighted by atomic mass is 10.1. The van der Waals surface area contributed by atoms with Crippen LogP contribution in [0.5, 0.6) is 0 Å². The molecule has 4 N–H and O–H groups in total. The first-order valence-corrected chi connectivity index (χ1v) is 45.9. The van der Waals surface area contributed by atoms with Gasteiger partial charge in [0.05, 0.1) is 80.6 Å². The maximum Gasteiger partial charge on any atom is 0.258 e. The topological polar surface area (TPSA) is 116 Å². The van der Waals surface area contributed by atoms with Gasteiger partial charge < -0.3 is 21.3 Å². The van der Waals surface area contributed by atoms with Crippen molar-refractivity contribution in [2.45, 2.75) is 129 Å². The van der Waals surface area contributed by atoms with Crippen molar-refractivity contribution in [1.29, 1.82) is 0 Å². The molecule has 0 aromatic carbocycles. The fourth-order valence-electron chi connectivity index (χ4n) is 7.93. The van der Waals surface area contributed by atoms with E-state index in [4.69, 9.17) is 0 Å². The number of carbonyl (C=O) groups is 4. The normalized spacial score (nSPS) is 19.1. The van der Waals surface area contributed by atoms with Gasteiger partial charge in [0.25, 0.3) is 11.8 Å². The molecule has 0 aromatic rings. The van der Waals surface area contributed by atoms with E-state index in [0.717, 1.165) is 52.8 Å². The molecule has 0 spiro atoms. The zero-order chi connectivity index (χ0) is 57.1. The van der Waals surface area contributed by atoms with Crippen molar-refractivity contribution in [2.24, 2.45) is 0 Å². The third-order valence-corrected chi connectivity index (χ3v) is 41.3. The molecule has 8 aliphatic heterocycles. The van der Waals surface area contributed by atoms with Crippen LogP contribution in [0.3, 0.4) is 0 Å². The lowest BCUT2D eigenvalue weighted by Gasteiger charge is -2.09. The van der Waals surface area contributed by atoms with Crippen molar-refractivity contribution in [2.75, 3.05) is 72.2 Å². The van der Waals surface area contributed by atoms with E-state index in [2.05, 4.69) is 35.1 Å². The number of unbranched alkanes of at least 4 members (excludes halogenated alkanes) is 14. The Balaban J connectivity index is 0.794. The third-order valence-electron chi connectivity index (χ3n) is 12.2. The van der Waals surface area contributed by atoms with Gasteiger partial charge in [-0.25, -0.2) is 0 Å². The predicted octanol–water partition coefficient (Wildman–Crippen LogP) is 20.9. The highest BCUT2D eigenvalue weighted by molar-refractivity contribution is 8.46. The molecule has 452 valence electrons. The minimum atomic E-state index is -0.0632. The van der Waals surface area contributed by atoms with Gasteiger partial charge in [0, 0.05) is 49.2 Å². The monoisotopic (exact) mass is 1480 g/mol. The highest BCUT2D eigenvalue weighted by Gasteiger charge is 2.34. The van der Waals surface area contributed by atoms with Crippen LogP contribution in [0.2, 0.25) is 0 Å². The quantitative estimate of drug-likeness (QED) is 0.0446. The van der Waals surface area contributed by atoms with Crippen LogP contribution in [0.1, 0.15) is 129 Å². The van der Waals surface area contributed by atoms with Gasteiger partial charge in [-0.1, -0.05) is 245 Å². The van der Waals surface area contributed by atoms with Crippen LogP contribution in [0, 0.1) is 0 Å². The van der Waals surface area contributed by atoms with Gasteiger partial charge in [0.2, 0.25) is 11.8 Å². The van der Waals surface area contributed by atoms with Crippen LogP contribution < -0.4 is 21.3 Å². The zero-order valence-corrected chi connectivity index (χ0v) is 62.5. The fraction of sp³-hybridized carbons (Fsp3) is 0.593. The average molecular weight is 1480 g/mol. The van der Waals surface area contributed by atoms with Gasteiger partial charge >= 0.3 is 0 Å². The lowest BCUT2D eigenvalue weighted by molar-refractivity contribution is -0.119. The zero-order valence-electron chi connectivity index (χ0n) is 46.2. The Morgan fingerprint density at radius 3 is 1.04 bits per heavy atom. The molecule has 0 atom stereocenters. The molecule has 8 heterocycles. The number of nitrogens with one attached hydrogen (secondary N) is 4. The van der Waals surface area contributed by atoms with Crippen LogP contribution in [0.25, 0.3) is 0 Å². The SMILES string of the molecule is CCCCCCCCCCSC1=C(SCCCCCCCCCC)SC(=C2SC(SCC(=O)NCCCNC(=O)C3=CSC(=C4SC5=C(SCCS5)S4)S3)=C(SCC(=O)NCCCNC(=O)C3=CSC(=C4SC5=C(SCCS5)S4)S3)S2)S1. The van der Waals surface area contributed by atoms with Gasteiger partial charge in [0.1, 0.15) is 0 Å². The molecule has 0 aromatic heterocycles.